The number of rotatable bonds is 38. The van der Waals surface area contributed by atoms with E-state index in [9.17, 15) is 25.2 Å². The first kappa shape index (κ1) is 57.7. The zero-order valence-electron chi connectivity index (χ0n) is 39.9. The molecular formula is C54H87F6O2PS. The van der Waals surface area contributed by atoms with E-state index in [0.717, 1.165) is 42.4 Å². The zero-order valence-corrected chi connectivity index (χ0v) is 41.8. The van der Waals surface area contributed by atoms with Crippen LogP contribution < -0.4 is 9.47 Å². The molecule has 2 nitrogen and oxygen atoms in total. The maximum atomic E-state index is 9.87. The van der Waals surface area contributed by atoms with Crippen LogP contribution in [0.2, 0.25) is 0 Å². The third kappa shape index (κ3) is 34.9. The first-order valence-electron chi connectivity index (χ1n) is 25.5. The average molecular weight is 945 g/mol. The molecule has 0 aliphatic rings. The van der Waals surface area contributed by atoms with Crippen molar-refractivity contribution in [3.8, 4) is 33.8 Å². The van der Waals surface area contributed by atoms with Crippen molar-refractivity contribution in [1.82, 2.24) is 0 Å². The molecule has 3 rings (SSSR count). The van der Waals surface area contributed by atoms with Gasteiger partial charge in [-0.25, -0.2) is 0 Å². The van der Waals surface area contributed by atoms with E-state index in [-0.39, 0.29) is 0 Å². The van der Waals surface area contributed by atoms with Crippen molar-refractivity contribution in [2.24, 2.45) is 0 Å². The van der Waals surface area contributed by atoms with Crippen molar-refractivity contribution in [1.29, 1.82) is 0 Å². The summed E-state index contributed by atoms with van der Waals surface area (Å²) in [4.78, 5) is 1.10. The fraction of sp³-hybridized carbons (Fsp3) is 0.667. The SMILES string of the molecule is CCCCCCCCCCCCCCCCCCOc1ccc(-c2ccc([SH2+])c(-c3ccc(OCCCCCCCCCCCCCCCCCC)cc3)c2)cc1.F[P-](F)(F)(F)(F)F. The molecule has 0 spiro atoms. The Morgan fingerprint density at radius 1 is 0.344 bits per heavy atom. The summed E-state index contributed by atoms with van der Waals surface area (Å²) < 4.78 is 71.4. The summed E-state index contributed by atoms with van der Waals surface area (Å²) in [6.45, 7) is 6.20. The van der Waals surface area contributed by atoms with Crippen LogP contribution in [-0.2, 0) is 12.6 Å². The third-order valence-corrected chi connectivity index (χ3v) is 12.3. The summed E-state index contributed by atoms with van der Waals surface area (Å²) in [6, 6.07) is 23.8. The van der Waals surface area contributed by atoms with Gasteiger partial charge in [0, 0.05) is 5.56 Å². The Kier molecular flexibility index (Phi) is 29.9. The summed E-state index contributed by atoms with van der Waals surface area (Å²) in [5.41, 5.74) is 4.80. The predicted molar refractivity (Wildman–Crippen MR) is 269 cm³/mol. The minimum atomic E-state index is -10.7. The van der Waals surface area contributed by atoms with Gasteiger partial charge in [0.25, 0.3) is 0 Å². The van der Waals surface area contributed by atoms with Crippen LogP contribution in [0.5, 0.6) is 11.5 Å². The molecule has 0 unspecified atom stereocenters. The molecule has 0 aromatic heterocycles. The van der Waals surface area contributed by atoms with Gasteiger partial charge in [0.1, 0.15) is 11.5 Å². The van der Waals surface area contributed by atoms with Crippen molar-refractivity contribution in [3.63, 3.8) is 0 Å². The molecule has 64 heavy (non-hydrogen) atoms. The van der Waals surface area contributed by atoms with Crippen LogP contribution in [0.4, 0.5) is 25.2 Å². The topological polar surface area (TPSA) is 18.5 Å². The maximum absolute atomic E-state index is 10.7. The fourth-order valence-corrected chi connectivity index (χ4v) is 8.42. The van der Waals surface area contributed by atoms with Gasteiger partial charge < -0.3 is 9.47 Å². The Labute approximate surface area is 391 Å². The van der Waals surface area contributed by atoms with Crippen molar-refractivity contribution >= 4 is 20.4 Å². The number of hydrogen-bond donors (Lipinski definition) is 0. The second-order valence-corrected chi connectivity index (χ2v) is 20.5. The van der Waals surface area contributed by atoms with Crippen LogP contribution in [0.15, 0.2) is 71.6 Å². The van der Waals surface area contributed by atoms with Crippen molar-refractivity contribution in [2.75, 3.05) is 13.2 Å². The first-order valence-corrected chi connectivity index (χ1v) is 28.1. The Hall–Kier alpha value is -2.38. The number of halogens is 6. The molecule has 0 bridgehead atoms. The molecule has 10 heteroatoms. The van der Waals surface area contributed by atoms with Crippen LogP contribution in [0.3, 0.4) is 0 Å². The Morgan fingerprint density at radius 2 is 0.594 bits per heavy atom. The van der Waals surface area contributed by atoms with Gasteiger partial charge in [-0.2, -0.15) is 0 Å². The monoisotopic (exact) mass is 945 g/mol. The molecule has 0 saturated heterocycles. The van der Waals surface area contributed by atoms with E-state index in [2.05, 4.69) is 93.2 Å². The Morgan fingerprint density at radius 3 is 0.891 bits per heavy atom. The Balaban J connectivity index is 0.00000185. The quantitative estimate of drug-likeness (QED) is 0.0247. The summed E-state index contributed by atoms with van der Waals surface area (Å²) in [5.74, 6) is 1.92. The molecular weight excluding hydrogens is 858 g/mol. The third-order valence-electron chi connectivity index (χ3n) is 11.9. The van der Waals surface area contributed by atoms with Crippen LogP contribution in [0.1, 0.15) is 219 Å². The Bertz CT molecular complexity index is 1560. The number of benzene rings is 3. The van der Waals surface area contributed by atoms with Gasteiger partial charge in [0.2, 0.25) is 0 Å². The molecule has 0 N–H and O–H groups in total. The van der Waals surface area contributed by atoms with Crippen LogP contribution >= 0.6 is 7.81 Å². The predicted octanol–water partition coefficient (Wildman–Crippen LogP) is 21.1. The van der Waals surface area contributed by atoms with Gasteiger partial charge in [0.15, 0.2) is 4.90 Å². The summed E-state index contributed by atoms with van der Waals surface area (Å²) >= 11 is 3.86. The summed E-state index contributed by atoms with van der Waals surface area (Å²) in [6.07, 6.45) is 44.5. The molecule has 368 valence electrons. The van der Waals surface area contributed by atoms with Gasteiger partial charge in [-0.15, -0.1) is 0 Å². The molecule has 0 amide bonds. The number of ether oxygens (including phenoxy) is 2. The van der Waals surface area contributed by atoms with Crippen LogP contribution in [0, 0.1) is 0 Å². The van der Waals surface area contributed by atoms with Gasteiger partial charge in [-0.3, -0.25) is 0 Å². The molecule has 0 aliphatic carbocycles. The summed E-state index contributed by atoms with van der Waals surface area (Å²) in [7, 11) is -10.7. The van der Waals surface area contributed by atoms with E-state index in [1.165, 1.54) is 215 Å². The van der Waals surface area contributed by atoms with Crippen LogP contribution in [-0.4, -0.2) is 13.2 Å². The standard InChI is InChI=1S/C54H86O2S.F6P/c1-3-5-7-9-11-13-15-17-19-21-23-25-27-29-31-33-45-55-51-40-35-48(36-41-51)50-39-44-54(57)53(47-50)49-37-42-52(43-38-49)56-46-34-32-30-28-26-24-22-20-18-16-14-12-10-8-6-4-2;1-7(2,3,4,5)6/h35-44,47,57H,3-34,45-46H2,1-2H3;/q;-1/p+1. The van der Waals surface area contributed by atoms with E-state index >= 15 is 0 Å². The van der Waals surface area contributed by atoms with E-state index in [1.54, 1.807) is 0 Å². The average Bonchev–Trinajstić information content (AvgIpc) is 3.25. The van der Waals surface area contributed by atoms with Gasteiger partial charge in [-0.05, 0) is 84.6 Å². The number of hydrogen-bond acceptors (Lipinski definition) is 2. The molecule has 0 aliphatic heterocycles. The van der Waals surface area contributed by atoms with Gasteiger partial charge in [-0.1, -0.05) is 231 Å². The van der Waals surface area contributed by atoms with E-state index in [0.29, 0.717) is 0 Å². The first-order chi connectivity index (χ1) is 30.7. The zero-order chi connectivity index (χ0) is 46.7. The molecule has 0 radical (unpaired) electrons. The summed E-state index contributed by atoms with van der Waals surface area (Å²) in [5, 5.41) is 0. The molecule has 0 saturated carbocycles. The van der Waals surface area contributed by atoms with Crippen LogP contribution in [0.25, 0.3) is 22.3 Å². The number of unbranched alkanes of at least 4 members (excludes halogenated alkanes) is 30. The molecule has 0 heterocycles. The second-order valence-electron chi connectivity index (χ2n) is 18.1. The van der Waals surface area contributed by atoms with E-state index < -0.39 is 7.81 Å². The minimum absolute atomic E-state index is 0.801. The van der Waals surface area contributed by atoms with E-state index in [1.807, 2.05) is 0 Å². The van der Waals surface area contributed by atoms with Gasteiger partial charge in [0.05, 0.1) is 13.2 Å². The second kappa shape index (κ2) is 33.2. The molecule has 0 fully saturated rings. The van der Waals surface area contributed by atoms with Crippen molar-refractivity contribution < 1.29 is 34.7 Å². The molecule has 0 atom stereocenters. The fourth-order valence-electron chi connectivity index (χ4n) is 8.12. The molecule has 3 aromatic rings. The normalized spacial score (nSPS) is 12.6. The van der Waals surface area contributed by atoms with Crippen molar-refractivity contribution in [3.05, 3.63) is 66.7 Å². The van der Waals surface area contributed by atoms with E-state index in [4.69, 9.17) is 9.47 Å². The van der Waals surface area contributed by atoms with Crippen molar-refractivity contribution in [2.45, 2.75) is 224 Å². The molecule has 3 aromatic carbocycles. The van der Waals surface area contributed by atoms with Gasteiger partial charge >= 0.3 is 33.0 Å².